The first kappa shape index (κ1) is 15.3. The summed E-state index contributed by atoms with van der Waals surface area (Å²) in [6, 6.07) is 0. The highest BCUT2D eigenvalue weighted by Gasteiger charge is 2.25. The van der Waals surface area contributed by atoms with Crippen molar-refractivity contribution in [3.8, 4) is 0 Å². The normalized spacial score (nSPS) is 15.4. The lowest BCUT2D eigenvalue weighted by Crippen LogP contribution is -2.51. The molecule has 4 N–H and O–H groups in total. The van der Waals surface area contributed by atoms with E-state index in [0.717, 1.165) is 26.1 Å². The van der Waals surface area contributed by atoms with E-state index >= 15 is 0 Å². The Balaban J connectivity index is 3.73. The van der Waals surface area contributed by atoms with Crippen LogP contribution in [0.25, 0.3) is 0 Å². The zero-order valence-corrected chi connectivity index (χ0v) is 11.0. The number of carbonyl (C=O) groups excluding carboxylic acids is 1. The number of hydrogen-bond donors (Lipinski definition) is 2. The lowest BCUT2D eigenvalue weighted by molar-refractivity contribution is -0.122. The molecule has 0 saturated carbocycles. The minimum Gasteiger partial charge on any atom is -0.368 e. The molecule has 0 heterocycles. The Labute approximate surface area is 98.7 Å². The Morgan fingerprint density at radius 3 is 2.19 bits per heavy atom. The Kier molecular flexibility index (Phi) is 6.55. The van der Waals surface area contributed by atoms with Crippen LogP contribution < -0.4 is 11.5 Å². The zero-order valence-electron chi connectivity index (χ0n) is 11.0. The molecule has 5 heteroatoms. The van der Waals surface area contributed by atoms with Crippen molar-refractivity contribution in [2.75, 3.05) is 40.8 Å². The topological polar surface area (TPSA) is 75.6 Å². The summed E-state index contributed by atoms with van der Waals surface area (Å²) in [5, 5.41) is 0. The number of nitrogens with two attached hydrogens (primary N) is 2. The van der Waals surface area contributed by atoms with Crippen molar-refractivity contribution in [3.63, 3.8) is 0 Å². The van der Waals surface area contributed by atoms with Crippen molar-refractivity contribution in [2.45, 2.75) is 25.3 Å². The molecule has 0 aromatic heterocycles. The fraction of sp³-hybridized carbons (Fsp3) is 0.909. The van der Waals surface area contributed by atoms with E-state index in [1.807, 2.05) is 7.05 Å². The third-order valence-corrected chi connectivity index (χ3v) is 2.72. The molecule has 0 fully saturated rings. The van der Waals surface area contributed by atoms with Crippen LogP contribution >= 0.6 is 0 Å². The molecule has 96 valence electrons. The van der Waals surface area contributed by atoms with E-state index in [2.05, 4.69) is 23.9 Å². The van der Waals surface area contributed by atoms with E-state index in [-0.39, 0.29) is 0 Å². The van der Waals surface area contributed by atoms with Gasteiger partial charge in [0.2, 0.25) is 5.91 Å². The van der Waals surface area contributed by atoms with Crippen molar-refractivity contribution in [1.82, 2.24) is 9.80 Å². The van der Waals surface area contributed by atoms with Gasteiger partial charge in [0.25, 0.3) is 0 Å². The largest absolute Gasteiger partial charge is 0.368 e. The van der Waals surface area contributed by atoms with Crippen LogP contribution in [0.2, 0.25) is 0 Å². The van der Waals surface area contributed by atoms with Gasteiger partial charge in [-0.1, -0.05) is 0 Å². The molecule has 1 amide bonds. The van der Waals surface area contributed by atoms with E-state index in [1.165, 1.54) is 0 Å². The fourth-order valence-electron chi connectivity index (χ4n) is 1.31. The van der Waals surface area contributed by atoms with Crippen LogP contribution in [0, 0.1) is 0 Å². The summed E-state index contributed by atoms with van der Waals surface area (Å²) in [6.45, 7) is 4.55. The Bertz CT molecular complexity index is 216. The predicted molar refractivity (Wildman–Crippen MR) is 67.1 cm³/mol. The summed E-state index contributed by atoms with van der Waals surface area (Å²) in [5.41, 5.74) is 10.1. The Hall–Kier alpha value is -0.650. The second-order valence-electron chi connectivity index (χ2n) is 4.99. The van der Waals surface area contributed by atoms with Gasteiger partial charge in [-0.05, 0) is 54.0 Å². The van der Waals surface area contributed by atoms with Gasteiger partial charge in [-0.15, -0.1) is 0 Å². The van der Waals surface area contributed by atoms with Crippen LogP contribution in [0.4, 0.5) is 0 Å². The van der Waals surface area contributed by atoms with Gasteiger partial charge in [-0.3, -0.25) is 4.79 Å². The molecule has 0 aliphatic heterocycles. The van der Waals surface area contributed by atoms with Crippen LogP contribution in [0.5, 0.6) is 0 Å². The number of amides is 1. The van der Waals surface area contributed by atoms with Gasteiger partial charge in [0.15, 0.2) is 0 Å². The first-order chi connectivity index (χ1) is 7.25. The van der Waals surface area contributed by atoms with Crippen LogP contribution in [0.1, 0.15) is 19.8 Å². The standard InChI is InChI=1S/C11H26N4O/c1-11(13,10(12)16)6-9-15(4)8-5-7-14(2)3/h5-9,13H2,1-4H3,(H2,12,16). The van der Waals surface area contributed by atoms with Gasteiger partial charge >= 0.3 is 0 Å². The highest BCUT2D eigenvalue weighted by Crippen LogP contribution is 2.05. The van der Waals surface area contributed by atoms with Gasteiger partial charge in [0.1, 0.15) is 0 Å². The maximum absolute atomic E-state index is 11.0. The molecule has 1 atom stereocenters. The predicted octanol–water partition coefficient (Wildman–Crippen LogP) is -0.537. The van der Waals surface area contributed by atoms with Crippen LogP contribution in [-0.4, -0.2) is 62.0 Å². The van der Waals surface area contributed by atoms with Crippen molar-refractivity contribution >= 4 is 5.91 Å². The van der Waals surface area contributed by atoms with Crippen LogP contribution in [0.3, 0.4) is 0 Å². The van der Waals surface area contributed by atoms with E-state index in [1.54, 1.807) is 6.92 Å². The number of hydrogen-bond acceptors (Lipinski definition) is 4. The fourth-order valence-corrected chi connectivity index (χ4v) is 1.31. The smallest absolute Gasteiger partial charge is 0.237 e. The lowest BCUT2D eigenvalue weighted by atomic mass is 9.98. The Morgan fingerprint density at radius 2 is 1.75 bits per heavy atom. The molecule has 5 nitrogen and oxygen atoms in total. The molecule has 0 rings (SSSR count). The molecule has 1 unspecified atom stereocenters. The second-order valence-corrected chi connectivity index (χ2v) is 4.99. The average Bonchev–Trinajstić information content (AvgIpc) is 2.14. The molecule has 16 heavy (non-hydrogen) atoms. The SMILES string of the molecule is CN(C)CCCN(C)CCC(C)(N)C(N)=O. The summed E-state index contributed by atoms with van der Waals surface area (Å²) in [4.78, 5) is 15.3. The summed E-state index contributed by atoms with van der Waals surface area (Å²) in [6.07, 6.45) is 1.71. The molecular weight excluding hydrogens is 204 g/mol. The van der Waals surface area contributed by atoms with E-state index < -0.39 is 11.4 Å². The quantitative estimate of drug-likeness (QED) is 0.587. The number of primary amides is 1. The molecule has 0 aromatic rings. The Morgan fingerprint density at radius 1 is 1.19 bits per heavy atom. The molecule has 0 radical (unpaired) electrons. The van der Waals surface area contributed by atoms with Gasteiger partial charge in [-0.2, -0.15) is 0 Å². The molecule has 0 aromatic carbocycles. The monoisotopic (exact) mass is 230 g/mol. The zero-order chi connectivity index (χ0) is 12.8. The third-order valence-electron chi connectivity index (χ3n) is 2.72. The minimum atomic E-state index is -0.893. The van der Waals surface area contributed by atoms with Gasteiger partial charge < -0.3 is 21.3 Å². The van der Waals surface area contributed by atoms with E-state index in [0.29, 0.717) is 6.42 Å². The van der Waals surface area contributed by atoms with Gasteiger partial charge in [-0.25, -0.2) is 0 Å². The minimum absolute atomic E-state index is 0.436. The maximum Gasteiger partial charge on any atom is 0.237 e. The van der Waals surface area contributed by atoms with Crippen molar-refractivity contribution < 1.29 is 4.79 Å². The van der Waals surface area contributed by atoms with Crippen molar-refractivity contribution in [1.29, 1.82) is 0 Å². The molecule has 0 bridgehead atoms. The first-order valence-electron chi connectivity index (χ1n) is 5.68. The summed E-state index contributed by atoms with van der Waals surface area (Å²) in [7, 11) is 6.15. The molecule has 0 saturated heterocycles. The van der Waals surface area contributed by atoms with Crippen LogP contribution in [0.15, 0.2) is 0 Å². The number of carbonyl (C=O) groups is 1. The van der Waals surface area contributed by atoms with Crippen molar-refractivity contribution in [3.05, 3.63) is 0 Å². The second kappa shape index (κ2) is 6.83. The number of nitrogens with zero attached hydrogens (tertiary/aromatic N) is 2. The molecule has 0 aliphatic rings. The maximum atomic E-state index is 11.0. The average molecular weight is 230 g/mol. The van der Waals surface area contributed by atoms with Gasteiger partial charge in [0.05, 0.1) is 5.54 Å². The summed E-state index contributed by atoms with van der Waals surface area (Å²) < 4.78 is 0. The van der Waals surface area contributed by atoms with Crippen LogP contribution in [-0.2, 0) is 4.79 Å². The summed E-state index contributed by atoms with van der Waals surface area (Å²) >= 11 is 0. The van der Waals surface area contributed by atoms with Gasteiger partial charge in [0, 0.05) is 6.54 Å². The van der Waals surface area contributed by atoms with Crippen molar-refractivity contribution in [2.24, 2.45) is 11.5 Å². The first-order valence-corrected chi connectivity index (χ1v) is 5.68. The highest BCUT2D eigenvalue weighted by molar-refractivity contribution is 5.83. The van der Waals surface area contributed by atoms with E-state index in [4.69, 9.17) is 11.5 Å². The summed E-state index contributed by atoms with van der Waals surface area (Å²) in [5.74, 6) is -0.436. The lowest BCUT2D eigenvalue weighted by Gasteiger charge is -2.24. The van der Waals surface area contributed by atoms with E-state index in [9.17, 15) is 4.79 Å². The molecule has 0 aliphatic carbocycles. The highest BCUT2D eigenvalue weighted by atomic mass is 16.1. The number of rotatable bonds is 8. The molecular formula is C11H26N4O. The third kappa shape index (κ3) is 6.76. The molecule has 0 spiro atoms.